The standard InChI is InChI=1S/C20H16N4O2/c1-2-19(26)24-11-13(12-24)7-8-15-9-14-10-17(22-23-20(14)21-15)16-5-3-4-6-18(16)25/h2-6,9-10,13,25H,1,11-12H2,(H,21,23). The molecule has 2 aromatic heterocycles. The molecule has 128 valence electrons. The maximum absolute atomic E-state index is 11.4. The highest BCUT2D eigenvalue weighted by atomic mass is 16.3. The second kappa shape index (κ2) is 6.37. The molecule has 1 aliphatic rings. The fourth-order valence-electron chi connectivity index (χ4n) is 2.88. The van der Waals surface area contributed by atoms with Crippen molar-refractivity contribution in [3.63, 3.8) is 0 Å². The number of hydrogen-bond donors (Lipinski definition) is 2. The lowest BCUT2D eigenvalue weighted by molar-refractivity contribution is -0.130. The lowest BCUT2D eigenvalue weighted by Gasteiger charge is -2.35. The van der Waals surface area contributed by atoms with Gasteiger partial charge >= 0.3 is 0 Å². The van der Waals surface area contributed by atoms with E-state index in [1.54, 1.807) is 23.1 Å². The zero-order chi connectivity index (χ0) is 18.1. The topological polar surface area (TPSA) is 82.1 Å². The van der Waals surface area contributed by atoms with E-state index in [0.717, 1.165) is 11.1 Å². The van der Waals surface area contributed by atoms with E-state index in [1.807, 2.05) is 18.2 Å². The molecule has 0 aliphatic carbocycles. The molecule has 4 rings (SSSR count). The molecular formula is C20H16N4O2. The summed E-state index contributed by atoms with van der Waals surface area (Å²) in [4.78, 5) is 16.3. The maximum atomic E-state index is 11.4. The second-order valence-corrected chi connectivity index (χ2v) is 6.15. The van der Waals surface area contributed by atoms with Crippen molar-refractivity contribution in [2.45, 2.75) is 0 Å². The number of para-hydroxylation sites is 1. The first kappa shape index (κ1) is 15.9. The Labute approximate surface area is 150 Å². The summed E-state index contributed by atoms with van der Waals surface area (Å²) in [5, 5.41) is 19.2. The molecule has 1 aliphatic heterocycles. The van der Waals surface area contributed by atoms with Crippen LogP contribution in [0.4, 0.5) is 0 Å². The first-order valence-corrected chi connectivity index (χ1v) is 8.22. The lowest BCUT2D eigenvalue weighted by Crippen LogP contribution is -2.48. The predicted molar refractivity (Wildman–Crippen MR) is 98.1 cm³/mol. The van der Waals surface area contributed by atoms with Crippen molar-refractivity contribution >= 4 is 16.9 Å². The van der Waals surface area contributed by atoms with Gasteiger partial charge in [0, 0.05) is 24.0 Å². The number of phenolic OH excluding ortho intramolecular Hbond substituents is 1. The summed E-state index contributed by atoms with van der Waals surface area (Å²) < 4.78 is 0. The number of benzene rings is 1. The number of hydrogen-bond acceptors (Lipinski definition) is 4. The molecule has 0 atom stereocenters. The van der Waals surface area contributed by atoms with Crippen molar-refractivity contribution < 1.29 is 9.90 Å². The number of likely N-dealkylation sites (tertiary alicyclic amines) is 1. The first-order chi connectivity index (χ1) is 12.6. The van der Waals surface area contributed by atoms with E-state index >= 15 is 0 Å². The van der Waals surface area contributed by atoms with E-state index in [4.69, 9.17) is 0 Å². The Balaban J connectivity index is 1.54. The number of carbonyl (C=O) groups is 1. The molecule has 3 aromatic rings. The smallest absolute Gasteiger partial charge is 0.246 e. The summed E-state index contributed by atoms with van der Waals surface area (Å²) >= 11 is 0. The van der Waals surface area contributed by atoms with Crippen LogP contribution in [-0.2, 0) is 4.79 Å². The van der Waals surface area contributed by atoms with Crippen molar-refractivity contribution in [3.8, 4) is 28.8 Å². The summed E-state index contributed by atoms with van der Waals surface area (Å²) in [6, 6.07) is 10.8. The monoisotopic (exact) mass is 344 g/mol. The molecular weight excluding hydrogens is 328 g/mol. The van der Waals surface area contributed by atoms with Gasteiger partial charge in [-0.3, -0.25) is 4.79 Å². The molecule has 0 spiro atoms. The molecule has 26 heavy (non-hydrogen) atoms. The minimum Gasteiger partial charge on any atom is -0.507 e. The predicted octanol–water partition coefficient (Wildman–Crippen LogP) is 2.33. The Morgan fingerprint density at radius 2 is 2.12 bits per heavy atom. The SMILES string of the molecule is C=CC(=O)N1CC(C#Cc2cc3cc(-c4ccccc4O)nnc3[nH]2)C1. The molecule has 0 saturated carbocycles. The van der Waals surface area contributed by atoms with Gasteiger partial charge in [0.15, 0.2) is 5.65 Å². The molecule has 1 amide bonds. The van der Waals surface area contributed by atoms with Gasteiger partial charge in [0.2, 0.25) is 5.91 Å². The fraction of sp³-hybridized carbons (Fsp3) is 0.150. The average molecular weight is 344 g/mol. The molecule has 6 nitrogen and oxygen atoms in total. The highest BCUT2D eigenvalue weighted by Gasteiger charge is 2.27. The van der Waals surface area contributed by atoms with Crippen LogP contribution in [0.1, 0.15) is 5.69 Å². The van der Waals surface area contributed by atoms with Crippen LogP contribution in [0.5, 0.6) is 5.75 Å². The molecule has 1 aromatic carbocycles. The molecule has 1 saturated heterocycles. The Morgan fingerprint density at radius 1 is 1.31 bits per heavy atom. The summed E-state index contributed by atoms with van der Waals surface area (Å²) in [7, 11) is 0. The Bertz CT molecular complexity index is 1070. The number of nitrogens with one attached hydrogen (secondary N) is 1. The molecule has 6 heteroatoms. The third-order valence-electron chi connectivity index (χ3n) is 4.34. The van der Waals surface area contributed by atoms with Crippen LogP contribution in [-0.4, -0.2) is 44.2 Å². The third-order valence-corrected chi connectivity index (χ3v) is 4.34. The first-order valence-electron chi connectivity index (χ1n) is 8.22. The van der Waals surface area contributed by atoms with Crippen molar-refractivity contribution in [3.05, 3.63) is 54.7 Å². The minimum absolute atomic E-state index is 0.0550. The molecule has 1 fully saturated rings. The van der Waals surface area contributed by atoms with Crippen LogP contribution in [0.25, 0.3) is 22.3 Å². The molecule has 3 heterocycles. The molecule has 0 unspecified atom stereocenters. The van der Waals surface area contributed by atoms with Crippen LogP contribution in [0.2, 0.25) is 0 Å². The quantitative estimate of drug-likeness (QED) is 0.552. The molecule has 0 radical (unpaired) electrons. The van der Waals surface area contributed by atoms with Gasteiger partial charge in [-0.05, 0) is 36.3 Å². The van der Waals surface area contributed by atoms with Gasteiger partial charge in [-0.25, -0.2) is 0 Å². The van der Waals surface area contributed by atoms with Crippen LogP contribution >= 0.6 is 0 Å². The normalized spacial score (nSPS) is 13.8. The van der Waals surface area contributed by atoms with Crippen molar-refractivity contribution in [2.24, 2.45) is 5.92 Å². The van der Waals surface area contributed by atoms with Crippen molar-refractivity contribution in [1.29, 1.82) is 0 Å². The molecule has 2 N–H and O–H groups in total. The number of amides is 1. The van der Waals surface area contributed by atoms with Crippen LogP contribution in [0.3, 0.4) is 0 Å². The van der Waals surface area contributed by atoms with E-state index in [-0.39, 0.29) is 17.6 Å². The number of aromatic hydroxyl groups is 1. The zero-order valence-corrected chi connectivity index (χ0v) is 13.9. The van der Waals surface area contributed by atoms with Gasteiger partial charge in [-0.2, -0.15) is 0 Å². The zero-order valence-electron chi connectivity index (χ0n) is 13.9. The minimum atomic E-state index is -0.0550. The van der Waals surface area contributed by atoms with Gasteiger partial charge in [0.05, 0.1) is 17.3 Å². The number of aromatic nitrogens is 3. The summed E-state index contributed by atoms with van der Waals surface area (Å²) in [5.74, 6) is 6.55. The summed E-state index contributed by atoms with van der Waals surface area (Å²) in [6.45, 7) is 4.75. The van der Waals surface area contributed by atoms with Gasteiger partial charge in [-0.1, -0.05) is 24.6 Å². The number of carbonyl (C=O) groups excluding carboxylic acids is 1. The van der Waals surface area contributed by atoms with E-state index in [2.05, 4.69) is 33.6 Å². The van der Waals surface area contributed by atoms with Crippen molar-refractivity contribution in [2.75, 3.05) is 13.1 Å². The molecule has 0 bridgehead atoms. The largest absolute Gasteiger partial charge is 0.507 e. The van der Waals surface area contributed by atoms with Gasteiger partial charge < -0.3 is 15.0 Å². The number of rotatable bonds is 2. The highest BCUT2D eigenvalue weighted by molar-refractivity contribution is 5.87. The Hall–Kier alpha value is -3.59. The van der Waals surface area contributed by atoms with E-state index in [9.17, 15) is 9.90 Å². The van der Waals surface area contributed by atoms with Crippen LogP contribution < -0.4 is 0 Å². The van der Waals surface area contributed by atoms with Crippen LogP contribution in [0, 0.1) is 17.8 Å². The van der Waals surface area contributed by atoms with E-state index in [1.165, 1.54) is 6.08 Å². The Kier molecular flexibility index (Phi) is 3.90. The number of H-pyrrole nitrogens is 1. The number of phenols is 1. The van der Waals surface area contributed by atoms with Crippen molar-refractivity contribution in [1.82, 2.24) is 20.1 Å². The summed E-state index contributed by atoms with van der Waals surface area (Å²) in [6.07, 6.45) is 1.32. The van der Waals surface area contributed by atoms with Crippen LogP contribution in [0.15, 0.2) is 49.1 Å². The van der Waals surface area contributed by atoms with Gasteiger partial charge in [0.25, 0.3) is 0 Å². The maximum Gasteiger partial charge on any atom is 0.246 e. The fourth-order valence-corrected chi connectivity index (χ4v) is 2.88. The number of fused-ring (bicyclic) bond motifs is 1. The Morgan fingerprint density at radius 3 is 2.88 bits per heavy atom. The van der Waals surface area contributed by atoms with E-state index in [0.29, 0.717) is 30.0 Å². The lowest BCUT2D eigenvalue weighted by atomic mass is 10.0. The second-order valence-electron chi connectivity index (χ2n) is 6.15. The highest BCUT2D eigenvalue weighted by Crippen LogP contribution is 2.28. The third kappa shape index (κ3) is 2.91. The van der Waals surface area contributed by atoms with Gasteiger partial charge in [0.1, 0.15) is 5.75 Å². The van der Waals surface area contributed by atoms with E-state index < -0.39 is 0 Å². The average Bonchev–Trinajstić information content (AvgIpc) is 3.02. The number of aromatic amines is 1. The number of nitrogens with zero attached hydrogens (tertiary/aromatic N) is 3. The summed E-state index contributed by atoms with van der Waals surface area (Å²) in [5.41, 5.74) is 2.63. The van der Waals surface area contributed by atoms with Gasteiger partial charge in [-0.15, -0.1) is 10.2 Å².